The summed E-state index contributed by atoms with van der Waals surface area (Å²) in [6.07, 6.45) is 0.479. The smallest absolute Gasteiger partial charge is 0.337 e. The average Bonchev–Trinajstić information content (AvgIpc) is 2.43. The molecular formula is C14H20N2O3. The predicted molar refractivity (Wildman–Crippen MR) is 72.8 cm³/mol. The van der Waals surface area contributed by atoms with E-state index in [0.29, 0.717) is 25.1 Å². The maximum Gasteiger partial charge on any atom is 0.337 e. The Bertz CT molecular complexity index is 427. The van der Waals surface area contributed by atoms with Crippen LogP contribution in [0.2, 0.25) is 0 Å². The molecule has 0 spiro atoms. The number of hydrogen-bond acceptors (Lipinski definition) is 4. The van der Waals surface area contributed by atoms with Crippen molar-refractivity contribution in [3.05, 3.63) is 35.4 Å². The first-order valence-corrected chi connectivity index (χ1v) is 6.12. The van der Waals surface area contributed by atoms with E-state index in [0.717, 1.165) is 5.56 Å². The van der Waals surface area contributed by atoms with Crippen molar-refractivity contribution in [2.75, 3.05) is 27.7 Å². The zero-order chi connectivity index (χ0) is 14.3. The van der Waals surface area contributed by atoms with Gasteiger partial charge in [0, 0.05) is 33.6 Å². The standard InChI is InChI=1S/C14H20N2O3/c1-16(2)13(17)8-9-15-10-11-4-6-12(7-5-11)14(18)19-3/h4-7,15H,8-10H2,1-3H3. The van der Waals surface area contributed by atoms with Crippen molar-refractivity contribution in [3.8, 4) is 0 Å². The van der Waals surface area contributed by atoms with E-state index in [-0.39, 0.29) is 11.9 Å². The van der Waals surface area contributed by atoms with Gasteiger partial charge in [0.05, 0.1) is 12.7 Å². The number of carbonyl (C=O) groups excluding carboxylic acids is 2. The molecule has 19 heavy (non-hydrogen) atoms. The number of amides is 1. The van der Waals surface area contributed by atoms with Crippen LogP contribution in [0.15, 0.2) is 24.3 Å². The summed E-state index contributed by atoms with van der Waals surface area (Å²) in [6.45, 7) is 1.30. The Labute approximate surface area is 113 Å². The van der Waals surface area contributed by atoms with Crippen molar-refractivity contribution in [1.82, 2.24) is 10.2 Å². The van der Waals surface area contributed by atoms with Crippen LogP contribution in [0.1, 0.15) is 22.3 Å². The molecule has 0 radical (unpaired) electrons. The number of nitrogens with one attached hydrogen (secondary N) is 1. The molecule has 1 rings (SSSR count). The first-order chi connectivity index (χ1) is 9.04. The first-order valence-electron chi connectivity index (χ1n) is 6.12. The van der Waals surface area contributed by atoms with Crippen LogP contribution in [0.25, 0.3) is 0 Å². The van der Waals surface area contributed by atoms with Crippen molar-refractivity contribution in [1.29, 1.82) is 0 Å². The summed E-state index contributed by atoms with van der Waals surface area (Å²) in [5, 5.41) is 3.19. The zero-order valence-electron chi connectivity index (χ0n) is 11.6. The van der Waals surface area contributed by atoms with Gasteiger partial charge in [-0.15, -0.1) is 0 Å². The summed E-state index contributed by atoms with van der Waals surface area (Å²) in [5.41, 5.74) is 1.60. The highest BCUT2D eigenvalue weighted by Crippen LogP contribution is 2.05. The number of ether oxygens (including phenoxy) is 1. The fraction of sp³-hybridized carbons (Fsp3) is 0.429. The lowest BCUT2D eigenvalue weighted by Gasteiger charge is -2.10. The minimum atomic E-state index is -0.337. The third kappa shape index (κ3) is 5.09. The lowest BCUT2D eigenvalue weighted by atomic mass is 10.1. The van der Waals surface area contributed by atoms with Crippen LogP contribution in [0.5, 0.6) is 0 Å². The highest BCUT2D eigenvalue weighted by Gasteiger charge is 2.05. The lowest BCUT2D eigenvalue weighted by Crippen LogP contribution is -2.26. The van der Waals surface area contributed by atoms with Gasteiger partial charge in [-0.05, 0) is 17.7 Å². The maximum atomic E-state index is 11.3. The summed E-state index contributed by atoms with van der Waals surface area (Å²) in [6, 6.07) is 7.20. The first kappa shape index (κ1) is 15.2. The number of benzene rings is 1. The fourth-order valence-electron chi connectivity index (χ4n) is 1.53. The summed E-state index contributed by atoms with van der Waals surface area (Å²) in [7, 11) is 4.85. The van der Waals surface area contributed by atoms with Gasteiger partial charge in [-0.1, -0.05) is 12.1 Å². The Balaban J connectivity index is 2.34. The van der Waals surface area contributed by atoms with Gasteiger partial charge in [-0.3, -0.25) is 4.79 Å². The van der Waals surface area contributed by atoms with E-state index >= 15 is 0 Å². The lowest BCUT2D eigenvalue weighted by molar-refractivity contribution is -0.128. The summed E-state index contributed by atoms with van der Waals surface area (Å²) >= 11 is 0. The van der Waals surface area contributed by atoms with Gasteiger partial charge >= 0.3 is 5.97 Å². The summed E-state index contributed by atoms with van der Waals surface area (Å²) in [5.74, 6) is -0.232. The topological polar surface area (TPSA) is 58.6 Å². The molecule has 0 saturated heterocycles. The van der Waals surface area contributed by atoms with Gasteiger partial charge in [-0.2, -0.15) is 0 Å². The van der Waals surface area contributed by atoms with Crippen molar-refractivity contribution in [2.24, 2.45) is 0 Å². The van der Waals surface area contributed by atoms with E-state index in [1.165, 1.54) is 7.11 Å². The third-order valence-electron chi connectivity index (χ3n) is 2.72. The molecule has 0 aliphatic heterocycles. The normalized spacial score (nSPS) is 10.1. The quantitative estimate of drug-likeness (QED) is 0.616. The highest BCUT2D eigenvalue weighted by molar-refractivity contribution is 5.89. The Morgan fingerprint density at radius 3 is 2.37 bits per heavy atom. The highest BCUT2D eigenvalue weighted by atomic mass is 16.5. The van der Waals surface area contributed by atoms with Crippen LogP contribution in [0.3, 0.4) is 0 Å². The molecule has 0 atom stereocenters. The van der Waals surface area contributed by atoms with Gasteiger partial charge < -0.3 is 15.0 Å². The molecule has 0 unspecified atom stereocenters. The third-order valence-corrected chi connectivity index (χ3v) is 2.72. The van der Waals surface area contributed by atoms with Crippen LogP contribution >= 0.6 is 0 Å². The second-order valence-electron chi connectivity index (χ2n) is 4.40. The molecule has 1 aromatic carbocycles. The number of esters is 1. The van der Waals surface area contributed by atoms with Crippen LogP contribution in [-0.4, -0.2) is 44.5 Å². The molecule has 0 heterocycles. The van der Waals surface area contributed by atoms with Gasteiger partial charge in [0.2, 0.25) is 5.91 Å². The Morgan fingerprint density at radius 2 is 1.84 bits per heavy atom. The van der Waals surface area contributed by atoms with E-state index in [2.05, 4.69) is 10.1 Å². The van der Waals surface area contributed by atoms with Crippen LogP contribution in [-0.2, 0) is 16.1 Å². The maximum absolute atomic E-state index is 11.3. The van der Waals surface area contributed by atoms with E-state index in [1.54, 1.807) is 31.1 Å². The van der Waals surface area contributed by atoms with E-state index in [1.807, 2.05) is 12.1 Å². The Kier molecular flexibility index (Phi) is 6.02. The molecule has 0 saturated carbocycles. The number of rotatable bonds is 6. The molecule has 5 nitrogen and oxygen atoms in total. The Hall–Kier alpha value is -1.88. The van der Waals surface area contributed by atoms with Crippen LogP contribution in [0, 0.1) is 0 Å². The molecule has 0 aliphatic carbocycles. The second-order valence-corrected chi connectivity index (χ2v) is 4.40. The molecule has 1 amide bonds. The molecule has 104 valence electrons. The van der Waals surface area contributed by atoms with Crippen LogP contribution < -0.4 is 5.32 Å². The fourth-order valence-corrected chi connectivity index (χ4v) is 1.53. The van der Waals surface area contributed by atoms with Gasteiger partial charge in [-0.25, -0.2) is 4.79 Å². The summed E-state index contributed by atoms with van der Waals surface area (Å²) < 4.78 is 4.63. The monoisotopic (exact) mass is 264 g/mol. The minimum absolute atomic E-state index is 0.105. The average molecular weight is 264 g/mol. The molecule has 1 aromatic rings. The van der Waals surface area contributed by atoms with Gasteiger partial charge in [0.1, 0.15) is 0 Å². The van der Waals surface area contributed by atoms with E-state index < -0.39 is 0 Å². The van der Waals surface area contributed by atoms with Crippen molar-refractivity contribution in [2.45, 2.75) is 13.0 Å². The summed E-state index contributed by atoms with van der Waals surface area (Å²) in [4.78, 5) is 24.2. The van der Waals surface area contributed by atoms with Crippen molar-refractivity contribution >= 4 is 11.9 Å². The molecular weight excluding hydrogens is 244 g/mol. The van der Waals surface area contributed by atoms with Crippen molar-refractivity contribution < 1.29 is 14.3 Å². The van der Waals surface area contributed by atoms with Gasteiger partial charge in [0.15, 0.2) is 0 Å². The largest absolute Gasteiger partial charge is 0.465 e. The zero-order valence-corrected chi connectivity index (χ0v) is 11.6. The van der Waals surface area contributed by atoms with E-state index in [9.17, 15) is 9.59 Å². The molecule has 0 bridgehead atoms. The minimum Gasteiger partial charge on any atom is -0.465 e. The second kappa shape index (κ2) is 7.53. The molecule has 0 fully saturated rings. The van der Waals surface area contributed by atoms with Gasteiger partial charge in [0.25, 0.3) is 0 Å². The molecule has 5 heteroatoms. The number of nitrogens with zero attached hydrogens (tertiary/aromatic N) is 1. The number of carbonyl (C=O) groups is 2. The molecule has 0 aliphatic rings. The number of hydrogen-bond donors (Lipinski definition) is 1. The predicted octanol–water partition coefficient (Wildman–Crippen LogP) is 1.04. The van der Waals surface area contributed by atoms with Crippen molar-refractivity contribution in [3.63, 3.8) is 0 Å². The Morgan fingerprint density at radius 1 is 1.21 bits per heavy atom. The molecule has 1 N–H and O–H groups in total. The number of methoxy groups -OCH3 is 1. The molecule has 0 aromatic heterocycles. The SMILES string of the molecule is COC(=O)c1ccc(CNCCC(=O)N(C)C)cc1. The van der Waals surface area contributed by atoms with Crippen LogP contribution in [0.4, 0.5) is 0 Å². The van der Waals surface area contributed by atoms with E-state index in [4.69, 9.17) is 0 Å².